The van der Waals surface area contributed by atoms with Crippen molar-refractivity contribution in [3.05, 3.63) is 15.7 Å². The lowest BCUT2D eigenvalue weighted by atomic mass is 9.76. The molecular formula is C11H11F4IN2O. The number of fused-ring (bicyclic) bond motifs is 1. The van der Waals surface area contributed by atoms with E-state index in [-0.39, 0.29) is 12.3 Å². The van der Waals surface area contributed by atoms with E-state index in [9.17, 15) is 22.7 Å². The van der Waals surface area contributed by atoms with Gasteiger partial charge >= 0.3 is 6.18 Å². The molecule has 3 nitrogen and oxygen atoms in total. The molecule has 2 atom stereocenters. The first kappa shape index (κ1) is 13.6. The molecule has 19 heavy (non-hydrogen) atoms. The SMILES string of the molecule is OC(c1nc(I)cn1C12CC(F)C(C1)C2)C(F)(F)F. The van der Waals surface area contributed by atoms with Gasteiger partial charge in [0.2, 0.25) is 6.10 Å². The Kier molecular flexibility index (Phi) is 2.91. The fourth-order valence-corrected chi connectivity index (χ4v) is 3.77. The van der Waals surface area contributed by atoms with Gasteiger partial charge in [0, 0.05) is 18.2 Å². The molecule has 3 aliphatic carbocycles. The van der Waals surface area contributed by atoms with Crippen LogP contribution in [0.3, 0.4) is 0 Å². The van der Waals surface area contributed by atoms with Crippen molar-refractivity contribution in [2.75, 3.05) is 0 Å². The summed E-state index contributed by atoms with van der Waals surface area (Å²) in [5.41, 5.74) is -0.623. The third-order valence-electron chi connectivity index (χ3n) is 4.14. The van der Waals surface area contributed by atoms with E-state index in [1.807, 2.05) is 0 Å². The maximum Gasteiger partial charge on any atom is 0.421 e. The van der Waals surface area contributed by atoms with Crippen molar-refractivity contribution in [3.63, 3.8) is 0 Å². The molecule has 1 heterocycles. The standard InChI is InChI=1S/C11H11F4IN2O/c12-6-3-10(1-5(6)2-10)18-4-7(16)17-9(18)8(19)11(13,14)15/h4-6,8,19H,1-3H2. The zero-order valence-electron chi connectivity index (χ0n) is 9.66. The van der Waals surface area contributed by atoms with Crippen molar-refractivity contribution in [2.24, 2.45) is 5.92 Å². The number of imidazole rings is 1. The maximum atomic E-state index is 13.5. The maximum absolute atomic E-state index is 13.5. The van der Waals surface area contributed by atoms with Crippen LogP contribution in [0.15, 0.2) is 6.20 Å². The highest BCUT2D eigenvalue weighted by Crippen LogP contribution is 2.59. The molecule has 4 rings (SSSR count). The summed E-state index contributed by atoms with van der Waals surface area (Å²) in [4.78, 5) is 3.77. The molecule has 0 amide bonds. The molecule has 0 spiro atoms. The molecule has 0 radical (unpaired) electrons. The molecule has 3 saturated carbocycles. The Bertz CT molecular complexity index is 509. The highest BCUT2D eigenvalue weighted by molar-refractivity contribution is 14.1. The Balaban J connectivity index is 1.99. The second-order valence-corrected chi connectivity index (χ2v) is 6.45. The van der Waals surface area contributed by atoms with E-state index in [1.165, 1.54) is 10.8 Å². The van der Waals surface area contributed by atoms with E-state index in [1.54, 1.807) is 22.6 Å². The number of nitrogens with zero attached hydrogens (tertiary/aromatic N) is 2. The van der Waals surface area contributed by atoms with E-state index >= 15 is 0 Å². The van der Waals surface area contributed by atoms with Crippen LogP contribution in [0.25, 0.3) is 0 Å². The molecule has 0 aliphatic heterocycles. The number of hydrogen-bond acceptors (Lipinski definition) is 2. The van der Waals surface area contributed by atoms with Crippen LogP contribution in [0, 0.1) is 9.62 Å². The number of halogens is 5. The van der Waals surface area contributed by atoms with Crippen molar-refractivity contribution in [1.29, 1.82) is 0 Å². The Morgan fingerprint density at radius 1 is 1.42 bits per heavy atom. The molecule has 2 bridgehead atoms. The molecule has 1 N–H and O–H groups in total. The van der Waals surface area contributed by atoms with Crippen LogP contribution < -0.4 is 0 Å². The second kappa shape index (κ2) is 4.06. The minimum absolute atomic E-state index is 0.0593. The molecular weight excluding hydrogens is 379 g/mol. The third-order valence-corrected chi connectivity index (χ3v) is 4.66. The van der Waals surface area contributed by atoms with E-state index in [0.717, 1.165) is 0 Å². The second-order valence-electron chi connectivity index (χ2n) is 5.35. The Morgan fingerprint density at radius 2 is 2.05 bits per heavy atom. The van der Waals surface area contributed by atoms with Gasteiger partial charge in [0.25, 0.3) is 0 Å². The summed E-state index contributed by atoms with van der Waals surface area (Å²) >= 11 is 1.80. The number of alkyl halides is 4. The van der Waals surface area contributed by atoms with Gasteiger partial charge in [0.1, 0.15) is 15.7 Å². The Labute approximate surface area is 120 Å². The highest BCUT2D eigenvalue weighted by atomic mass is 127. The summed E-state index contributed by atoms with van der Waals surface area (Å²) in [5.74, 6) is -0.486. The Hall–Kier alpha value is -0.380. The van der Waals surface area contributed by atoms with Crippen molar-refractivity contribution in [1.82, 2.24) is 9.55 Å². The molecule has 8 heteroatoms. The molecule has 0 aromatic carbocycles. The summed E-state index contributed by atoms with van der Waals surface area (Å²) in [7, 11) is 0. The topological polar surface area (TPSA) is 38.1 Å². The lowest BCUT2D eigenvalue weighted by Gasteiger charge is -2.40. The molecule has 2 unspecified atom stereocenters. The predicted molar refractivity (Wildman–Crippen MR) is 66.2 cm³/mol. The monoisotopic (exact) mass is 390 g/mol. The van der Waals surface area contributed by atoms with E-state index in [0.29, 0.717) is 16.5 Å². The molecule has 106 valence electrons. The van der Waals surface area contributed by atoms with Crippen LogP contribution in [-0.2, 0) is 5.54 Å². The molecule has 0 saturated heterocycles. The van der Waals surface area contributed by atoms with Crippen molar-refractivity contribution in [2.45, 2.75) is 43.3 Å². The van der Waals surface area contributed by atoms with Gasteiger partial charge in [0.05, 0.1) is 0 Å². The lowest BCUT2D eigenvalue weighted by Crippen LogP contribution is -2.41. The van der Waals surface area contributed by atoms with Crippen molar-refractivity contribution >= 4 is 22.6 Å². The molecule has 1 aromatic heterocycles. The normalized spacial score (nSPS) is 35.3. The first-order chi connectivity index (χ1) is 8.73. The highest BCUT2D eigenvalue weighted by Gasteiger charge is 2.59. The average Bonchev–Trinajstić information content (AvgIpc) is 2.84. The summed E-state index contributed by atoms with van der Waals surface area (Å²) in [6, 6.07) is 0. The van der Waals surface area contributed by atoms with Gasteiger partial charge in [-0.25, -0.2) is 9.37 Å². The first-order valence-corrected chi connectivity index (χ1v) is 6.95. The van der Waals surface area contributed by atoms with Crippen LogP contribution in [-0.4, -0.2) is 27.0 Å². The minimum Gasteiger partial charge on any atom is -0.377 e. The van der Waals surface area contributed by atoms with Gasteiger partial charge in [-0.3, -0.25) is 0 Å². The predicted octanol–water partition coefficient (Wildman–Crippen LogP) is 2.93. The first-order valence-electron chi connectivity index (χ1n) is 5.87. The van der Waals surface area contributed by atoms with Gasteiger partial charge < -0.3 is 9.67 Å². The smallest absolute Gasteiger partial charge is 0.377 e. The van der Waals surface area contributed by atoms with E-state index in [4.69, 9.17) is 0 Å². The summed E-state index contributed by atoms with van der Waals surface area (Å²) < 4.78 is 53.2. The van der Waals surface area contributed by atoms with Crippen LogP contribution in [0.2, 0.25) is 0 Å². The number of aromatic nitrogens is 2. The largest absolute Gasteiger partial charge is 0.421 e. The van der Waals surface area contributed by atoms with E-state index < -0.39 is 29.8 Å². The van der Waals surface area contributed by atoms with Crippen LogP contribution >= 0.6 is 22.6 Å². The number of hydrogen-bond donors (Lipinski definition) is 1. The summed E-state index contributed by atoms with van der Waals surface area (Å²) in [6.45, 7) is 0. The van der Waals surface area contributed by atoms with Crippen LogP contribution in [0.1, 0.15) is 31.2 Å². The molecule has 3 fully saturated rings. The van der Waals surface area contributed by atoms with Gasteiger partial charge in [-0.2, -0.15) is 13.2 Å². The summed E-state index contributed by atoms with van der Waals surface area (Å²) in [6.07, 6.45) is -5.62. The van der Waals surface area contributed by atoms with Crippen molar-refractivity contribution in [3.8, 4) is 0 Å². The third kappa shape index (κ3) is 1.98. The number of aliphatic hydroxyl groups is 1. The van der Waals surface area contributed by atoms with E-state index in [2.05, 4.69) is 4.98 Å². The fraction of sp³-hybridized carbons (Fsp3) is 0.727. The number of aliphatic hydroxyl groups excluding tert-OH is 1. The molecule has 1 aromatic rings. The van der Waals surface area contributed by atoms with Gasteiger partial charge in [-0.15, -0.1) is 0 Å². The van der Waals surface area contributed by atoms with Crippen LogP contribution in [0.5, 0.6) is 0 Å². The van der Waals surface area contributed by atoms with Gasteiger partial charge in [-0.1, -0.05) is 0 Å². The lowest BCUT2D eigenvalue weighted by molar-refractivity contribution is -0.210. The summed E-state index contributed by atoms with van der Waals surface area (Å²) in [5, 5.41) is 9.40. The van der Waals surface area contributed by atoms with Gasteiger partial charge in [0.15, 0.2) is 0 Å². The zero-order chi connectivity index (χ0) is 14.0. The minimum atomic E-state index is -4.76. The average molecular weight is 390 g/mol. The molecule has 3 aliphatic rings. The van der Waals surface area contributed by atoms with Gasteiger partial charge in [-0.05, 0) is 41.4 Å². The fourth-order valence-electron chi connectivity index (χ4n) is 3.25. The zero-order valence-corrected chi connectivity index (χ0v) is 11.8. The van der Waals surface area contributed by atoms with Crippen LogP contribution in [0.4, 0.5) is 17.6 Å². The number of rotatable bonds is 2. The van der Waals surface area contributed by atoms with Crippen molar-refractivity contribution < 1.29 is 22.7 Å². The Morgan fingerprint density at radius 3 is 2.53 bits per heavy atom. The quantitative estimate of drug-likeness (QED) is 0.623.